The molecule has 0 saturated carbocycles. The minimum Gasteiger partial charge on any atom is -0.477 e. The van der Waals surface area contributed by atoms with E-state index >= 15 is 0 Å². The van der Waals surface area contributed by atoms with Gasteiger partial charge in [-0.05, 0) is 77.0 Å². The fourth-order valence-corrected chi connectivity index (χ4v) is 6.19. The number of hydrogen-bond donors (Lipinski definition) is 1. The maximum atomic E-state index is 12.7. The van der Waals surface area contributed by atoms with Crippen molar-refractivity contribution in [2.75, 3.05) is 41.0 Å². The minimum absolute atomic E-state index is 0.0435. The largest absolute Gasteiger partial charge is 0.477 e. The normalized spacial score (nSPS) is 13.5. The van der Waals surface area contributed by atoms with E-state index in [1.807, 2.05) is 21.1 Å². The lowest BCUT2D eigenvalue weighted by molar-refractivity contribution is -0.887. The second-order valence-electron chi connectivity index (χ2n) is 15.9. The first kappa shape index (κ1) is 53.0. The van der Waals surface area contributed by atoms with Gasteiger partial charge in [-0.15, -0.1) is 0 Å². The SMILES string of the molecule is CC/C=C/C/C=C/C/C=C/C/C=C/CCCCCC(=O)OC(COCCC(C(=O)O)[N+](C)(C)C)COC(=O)CCCCCCC/C=C/CCCCCCCCC. The predicted molar refractivity (Wildman–Crippen MR) is 234 cm³/mol. The smallest absolute Gasteiger partial charge is 0.362 e. The fraction of sp³-hybridized carbons (Fsp3) is 0.729. The maximum Gasteiger partial charge on any atom is 0.362 e. The Balaban J connectivity index is 4.42. The Hall–Kier alpha value is -2.97. The molecule has 0 aromatic carbocycles. The molecule has 0 spiro atoms. The lowest BCUT2D eigenvalue weighted by Gasteiger charge is -2.31. The minimum atomic E-state index is -0.883. The molecule has 0 rings (SSSR count). The molecule has 0 aromatic heterocycles. The van der Waals surface area contributed by atoms with Crippen molar-refractivity contribution in [3.05, 3.63) is 60.8 Å². The molecule has 0 aliphatic carbocycles. The van der Waals surface area contributed by atoms with Crippen molar-refractivity contribution in [2.24, 2.45) is 0 Å². The van der Waals surface area contributed by atoms with E-state index in [0.29, 0.717) is 12.8 Å². The number of esters is 2. The van der Waals surface area contributed by atoms with Crippen LogP contribution in [0.3, 0.4) is 0 Å². The fourth-order valence-electron chi connectivity index (χ4n) is 6.19. The van der Waals surface area contributed by atoms with Crippen molar-refractivity contribution in [3.63, 3.8) is 0 Å². The molecule has 56 heavy (non-hydrogen) atoms. The van der Waals surface area contributed by atoms with Crippen LogP contribution in [0.2, 0.25) is 0 Å². The molecule has 0 aliphatic heterocycles. The van der Waals surface area contributed by atoms with Gasteiger partial charge in [-0.1, -0.05) is 139 Å². The van der Waals surface area contributed by atoms with E-state index < -0.39 is 18.1 Å². The number of hydrogen-bond acceptors (Lipinski definition) is 6. The summed E-state index contributed by atoms with van der Waals surface area (Å²) in [6, 6.07) is -0.623. The third-order valence-corrected chi connectivity index (χ3v) is 9.65. The molecule has 2 atom stereocenters. The molecule has 8 nitrogen and oxygen atoms in total. The van der Waals surface area contributed by atoms with Crippen LogP contribution >= 0.6 is 0 Å². The van der Waals surface area contributed by atoms with Crippen molar-refractivity contribution >= 4 is 17.9 Å². The van der Waals surface area contributed by atoms with Crippen molar-refractivity contribution in [2.45, 2.75) is 187 Å². The first-order chi connectivity index (χ1) is 27.1. The van der Waals surface area contributed by atoms with Gasteiger partial charge in [0.2, 0.25) is 0 Å². The molecule has 0 radical (unpaired) electrons. The Kier molecular flexibility index (Phi) is 36.8. The van der Waals surface area contributed by atoms with Gasteiger partial charge in [-0.25, -0.2) is 4.79 Å². The van der Waals surface area contributed by atoms with Crippen LogP contribution in [0.25, 0.3) is 0 Å². The van der Waals surface area contributed by atoms with E-state index in [4.69, 9.17) is 14.2 Å². The number of aliphatic carboxylic acids is 1. The topological polar surface area (TPSA) is 99.1 Å². The molecule has 8 heteroatoms. The number of carboxylic acids is 1. The number of carbonyl (C=O) groups is 3. The van der Waals surface area contributed by atoms with Gasteiger partial charge in [-0.2, -0.15) is 0 Å². The van der Waals surface area contributed by atoms with Gasteiger partial charge in [0.25, 0.3) is 0 Å². The molecular weight excluding hydrogens is 703 g/mol. The summed E-state index contributed by atoms with van der Waals surface area (Å²) in [5.41, 5.74) is 0. The summed E-state index contributed by atoms with van der Waals surface area (Å²) in [6.45, 7) is 4.57. The number of quaternary nitrogens is 1. The molecular formula is C48H84NO7+. The number of allylic oxidation sites excluding steroid dienone is 10. The lowest BCUT2D eigenvalue weighted by atomic mass is 10.1. The quantitative estimate of drug-likeness (QED) is 0.0287. The summed E-state index contributed by atoms with van der Waals surface area (Å²) in [7, 11) is 5.51. The zero-order chi connectivity index (χ0) is 41.4. The Labute approximate surface area is 343 Å². The number of unbranched alkanes of at least 4 members (excludes halogenated alkanes) is 15. The Morgan fingerprint density at radius 2 is 1.00 bits per heavy atom. The molecule has 0 amide bonds. The van der Waals surface area contributed by atoms with Gasteiger partial charge < -0.3 is 23.8 Å². The van der Waals surface area contributed by atoms with Crippen LogP contribution in [-0.2, 0) is 28.6 Å². The molecule has 0 fully saturated rings. The summed E-state index contributed by atoms with van der Waals surface area (Å²) in [4.78, 5) is 37.0. The first-order valence-electron chi connectivity index (χ1n) is 22.3. The number of nitrogens with zero attached hydrogens (tertiary/aromatic N) is 1. The van der Waals surface area contributed by atoms with Crippen LogP contribution in [0.5, 0.6) is 0 Å². The van der Waals surface area contributed by atoms with Crippen LogP contribution < -0.4 is 0 Å². The summed E-state index contributed by atoms with van der Waals surface area (Å²) < 4.78 is 17.2. The predicted octanol–water partition coefficient (Wildman–Crippen LogP) is 12.2. The van der Waals surface area contributed by atoms with E-state index in [9.17, 15) is 19.5 Å². The number of rotatable bonds is 39. The molecule has 0 heterocycles. The summed E-state index contributed by atoms with van der Waals surface area (Å²) in [5, 5.41) is 9.62. The van der Waals surface area contributed by atoms with Crippen molar-refractivity contribution in [3.8, 4) is 0 Å². The van der Waals surface area contributed by atoms with E-state index in [1.165, 1.54) is 57.8 Å². The van der Waals surface area contributed by atoms with Crippen LogP contribution in [0.15, 0.2) is 60.8 Å². The van der Waals surface area contributed by atoms with E-state index in [1.54, 1.807) is 0 Å². The van der Waals surface area contributed by atoms with Gasteiger partial charge >= 0.3 is 17.9 Å². The molecule has 2 unspecified atom stereocenters. The highest BCUT2D eigenvalue weighted by molar-refractivity contribution is 5.72. The van der Waals surface area contributed by atoms with E-state index in [2.05, 4.69) is 74.6 Å². The summed E-state index contributed by atoms with van der Waals surface area (Å²) >= 11 is 0. The molecule has 322 valence electrons. The molecule has 0 aliphatic rings. The van der Waals surface area contributed by atoms with Crippen LogP contribution in [0.4, 0.5) is 0 Å². The second kappa shape index (κ2) is 38.9. The van der Waals surface area contributed by atoms with Crippen molar-refractivity contribution in [1.82, 2.24) is 0 Å². The zero-order valence-electron chi connectivity index (χ0n) is 36.6. The van der Waals surface area contributed by atoms with Gasteiger partial charge in [0.15, 0.2) is 12.1 Å². The summed E-state index contributed by atoms with van der Waals surface area (Å²) in [5.74, 6) is -1.52. The lowest BCUT2D eigenvalue weighted by Crippen LogP contribution is -2.50. The average Bonchev–Trinajstić information content (AvgIpc) is 3.15. The average molecular weight is 787 g/mol. The molecule has 0 aromatic rings. The highest BCUT2D eigenvalue weighted by Crippen LogP contribution is 2.13. The van der Waals surface area contributed by atoms with E-state index in [-0.39, 0.29) is 42.7 Å². The van der Waals surface area contributed by atoms with Gasteiger partial charge in [-0.3, -0.25) is 9.59 Å². The van der Waals surface area contributed by atoms with Gasteiger partial charge in [0.1, 0.15) is 6.61 Å². The third-order valence-electron chi connectivity index (χ3n) is 9.65. The van der Waals surface area contributed by atoms with Gasteiger partial charge in [0, 0.05) is 19.3 Å². The van der Waals surface area contributed by atoms with Gasteiger partial charge in [0.05, 0.1) is 34.4 Å². The van der Waals surface area contributed by atoms with Crippen LogP contribution in [0, 0.1) is 0 Å². The first-order valence-corrected chi connectivity index (χ1v) is 22.3. The third kappa shape index (κ3) is 36.7. The standard InChI is InChI=1S/C48H83NO7/c1-6-8-10-12-14-16-18-20-22-24-26-28-30-32-34-36-38-46(50)55-43-44(42-54-41-40-45(48(52)53)49(3,4)5)56-47(51)39-37-35-33-31-29-27-25-23-21-19-17-15-13-11-9-7-2/h9,11,15,17,21-24,27,29,44-45H,6-8,10,12-14,16,18-20,25-26,28,30-43H2,1-5H3/p+1/b11-9+,17-15+,23-21+,24-22+,29-27+. The highest BCUT2D eigenvalue weighted by Gasteiger charge is 2.31. The van der Waals surface area contributed by atoms with Crippen molar-refractivity contribution in [1.29, 1.82) is 0 Å². The Morgan fingerprint density at radius 1 is 0.554 bits per heavy atom. The van der Waals surface area contributed by atoms with Crippen LogP contribution in [0.1, 0.15) is 174 Å². The molecule has 0 saturated heterocycles. The monoisotopic (exact) mass is 787 g/mol. The molecule has 1 N–H and O–H groups in total. The number of carboxylic acid groups (broad SMARTS) is 1. The summed E-state index contributed by atoms with van der Waals surface area (Å²) in [6.07, 6.45) is 46.9. The van der Waals surface area contributed by atoms with Crippen LogP contribution in [-0.4, -0.2) is 80.6 Å². The number of likely N-dealkylation sites (N-methyl/N-ethyl adjacent to an activating group) is 1. The number of carbonyl (C=O) groups excluding carboxylic acids is 2. The number of ether oxygens (including phenoxy) is 3. The Morgan fingerprint density at radius 3 is 1.52 bits per heavy atom. The zero-order valence-corrected chi connectivity index (χ0v) is 36.6. The maximum absolute atomic E-state index is 12.7. The van der Waals surface area contributed by atoms with E-state index in [0.717, 1.165) is 83.5 Å². The molecule has 0 bridgehead atoms. The Bertz CT molecular complexity index is 1100. The highest BCUT2D eigenvalue weighted by atomic mass is 16.6. The second-order valence-corrected chi connectivity index (χ2v) is 15.9. The van der Waals surface area contributed by atoms with Crippen molar-refractivity contribution < 1.29 is 38.2 Å².